The van der Waals surface area contributed by atoms with Gasteiger partial charge < -0.3 is 20.8 Å². The Labute approximate surface area is 195 Å². The third kappa shape index (κ3) is 4.88. The highest BCUT2D eigenvalue weighted by Gasteiger charge is 2.36. The van der Waals surface area contributed by atoms with Crippen molar-refractivity contribution in [1.82, 2.24) is 5.32 Å². The number of rotatable bonds is 5. The second-order valence-corrected chi connectivity index (χ2v) is 7.68. The Balaban J connectivity index is 1.74. The van der Waals surface area contributed by atoms with Gasteiger partial charge in [-0.25, -0.2) is 9.79 Å². The van der Waals surface area contributed by atoms with Crippen LogP contribution in [0.5, 0.6) is 0 Å². The van der Waals surface area contributed by atoms with Crippen LogP contribution in [0.15, 0.2) is 83.9 Å². The van der Waals surface area contributed by atoms with Crippen LogP contribution in [-0.4, -0.2) is 46.9 Å². The molecule has 1 heterocycles. The zero-order valence-corrected chi connectivity index (χ0v) is 18.1. The van der Waals surface area contributed by atoms with Crippen molar-refractivity contribution in [3.63, 3.8) is 0 Å². The summed E-state index contributed by atoms with van der Waals surface area (Å²) in [6, 6.07) is 21.9. The Kier molecular flexibility index (Phi) is 6.69. The number of nitrogens with one attached hydrogen (secondary N) is 2. The lowest BCUT2D eigenvalue weighted by atomic mass is 10.00. The van der Waals surface area contributed by atoms with Gasteiger partial charge in [-0.15, -0.1) is 0 Å². The van der Waals surface area contributed by atoms with E-state index in [2.05, 4.69) is 15.6 Å². The highest BCUT2D eigenvalue weighted by Crippen LogP contribution is 2.29. The van der Waals surface area contributed by atoms with E-state index < -0.39 is 30.9 Å². The summed E-state index contributed by atoms with van der Waals surface area (Å²) in [5.74, 6) is -0.693. The summed E-state index contributed by atoms with van der Waals surface area (Å²) in [6.45, 7) is -0.690. The van der Waals surface area contributed by atoms with Gasteiger partial charge in [0.05, 0.1) is 18.0 Å². The van der Waals surface area contributed by atoms with Gasteiger partial charge in [-0.05, 0) is 30.3 Å². The smallest absolute Gasteiger partial charge is 0.321 e. The molecule has 33 heavy (non-hydrogen) atoms. The summed E-state index contributed by atoms with van der Waals surface area (Å²) in [5, 5.41) is 25.8. The average Bonchev–Trinajstić information content (AvgIpc) is 2.95. The third-order valence-corrected chi connectivity index (χ3v) is 5.28. The number of hydrogen-bond acceptors (Lipinski definition) is 5. The molecule has 0 saturated carbocycles. The van der Waals surface area contributed by atoms with Crippen LogP contribution >= 0.6 is 11.6 Å². The Morgan fingerprint density at radius 1 is 1.03 bits per heavy atom. The van der Waals surface area contributed by atoms with Crippen LogP contribution in [0.2, 0.25) is 5.02 Å². The second-order valence-electron chi connectivity index (χ2n) is 7.24. The highest BCUT2D eigenvalue weighted by molar-refractivity contribution is 6.30. The molecule has 3 amide bonds. The maximum atomic E-state index is 13.4. The van der Waals surface area contributed by atoms with E-state index in [9.17, 15) is 19.8 Å². The van der Waals surface area contributed by atoms with Gasteiger partial charge >= 0.3 is 6.03 Å². The number of hydrogen-bond donors (Lipinski definition) is 4. The summed E-state index contributed by atoms with van der Waals surface area (Å²) in [4.78, 5) is 31.7. The number of para-hydroxylation sites is 1. The van der Waals surface area contributed by atoms with E-state index in [1.807, 2.05) is 30.3 Å². The largest absolute Gasteiger partial charge is 0.392 e. The lowest BCUT2D eigenvalue weighted by molar-refractivity contribution is -0.122. The lowest BCUT2D eigenvalue weighted by Crippen LogP contribution is -2.52. The fourth-order valence-corrected chi connectivity index (χ4v) is 3.65. The quantitative estimate of drug-likeness (QED) is 0.464. The maximum Gasteiger partial charge on any atom is 0.321 e. The minimum absolute atomic E-state index is 0.370. The van der Waals surface area contributed by atoms with Crippen molar-refractivity contribution >= 4 is 40.6 Å². The maximum absolute atomic E-state index is 13.4. The van der Waals surface area contributed by atoms with E-state index in [1.54, 1.807) is 48.5 Å². The van der Waals surface area contributed by atoms with E-state index in [1.165, 1.54) is 0 Å². The standard InChI is InChI=1S/C24H21ClN4O4/c25-16-10-12-17(13-11-16)26-24(33)28-22-23(32)29(20(31)14-30)19-9-5-4-8-18(19)21(27-22)15-6-2-1-3-7-15/h1-13,20,22,30-31H,14H2,(H2,26,28,33)/t20-,22?/m0/s1. The molecule has 1 unspecified atom stereocenters. The molecule has 2 atom stereocenters. The monoisotopic (exact) mass is 464 g/mol. The second kappa shape index (κ2) is 9.83. The van der Waals surface area contributed by atoms with Crippen LogP contribution in [0.25, 0.3) is 0 Å². The molecule has 0 fully saturated rings. The van der Waals surface area contributed by atoms with Crippen molar-refractivity contribution in [2.45, 2.75) is 12.4 Å². The summed E-state index contributed by atoms with van der Waals surface area (Å²) in [6.07, 6.45) is -2.88. The van der Waals surface area contributed by atoms with Crippen molar-refractivity contribution in [2.24, 2.45) is 4.99 Å². The summed E-state index contributed by atoms with van der Waals surface area (Å²) in [7, 11) is 0. The highest BCUT2D eigenvalue weighted by atomic mass is 35.5. The van der Waals surface area contributed by atoms with Gasteiger partial charge in [0.2, 0.25) is 6.17 Å². The fraction of sp³-hybridized carbons (Fsp3) is 0.125. The number of fused-ring (bicyclic) bond motifs is 1. The number of aliphatic imine (C=N–C) groups is 1. The number of urea groups is 1. The number of aliphatic hydroxyl groups is 2. The molecule has 0 aromatic heterocycles. The molecule has 9 heteroatoms. The van der Waals surface area contributed by atoms with E-state index >= 15 is 0 Å². The first-order valence-corrected chi connectivity index (χ1v) is 10.5. The van der Waals surface area contributed by atoms with Crippen LogP contribution in [0.3, 0.4) is 0 Å². The average molecular weight is 465 g/mol. The first-order valence-electron chi connectivity index (χ1n) is 10.2. The first kappa shape index (κ1) is 22.5. The molecule has 0 radical (unpaired) electrons. The van der Waals surface area contributed by atoms with Crippen LogP contribution < -0.4 is 15.5 Å². The molecular weight excluding hydrogens is 444 g/mol. The van der Waals surface area contributed by atoms with Gasteiger partial charge in [-0.2, -0.15) is 0 Å². The van der Waals surface area contributed by atoms with E-state index in [0.717, 1.165) is 10.5 Å². The SMILES string of the molecule is O=C(Nc1ccc(Cl)cc1)NC1N=C(c2ccccc2)c2ccccc2N([C@@H](O)CO)C1=O. The molecule has 4 rings (SSSR count). The number of nitrogens with zero attached hydrogens (tertiary/aromatic N) is 2. The molecule has 0 spiro atoms. The van der Waals surface area contributed by atoms with Crippen molar-refractivity contribution in [3.05, 3.63) is 95.0 Å². The number of benzodiazepines with no additional fused rings is 1. The lowest BCUT2D eigenvalue weighted by Gasteiger charge is -2.28. The van der Waals surface area contributed by atoms with Gasteiger partial charge in [0, 0.05) is 21.8 Å². The molecule has 8 nitrogen and oxygen atoms in total. The number of aliphatic hydroxyl groups excluding tert-OH is 2. The molecule has 0 saturated heterocycles. The minimum Gasteiger partial charge on any atom is -0.392 e. The Hall–Kier alpha value is -3.72. The normalized spacial score (nSPS) is 16.3. The summed E-state index contributed by atoms with van der Waals surface area (Å²) >= 11 is 5.88. The minimum atomic E-state index is -1.52. The molecule has 3 aromatic rings. The first-order chi connectivity index (χ1) is 16.0. The summed E-state index contributed by atoms with van der Waals surface area (Å²) in [5.41, 5.74) is 2.61. The zero-order chi connectivity index (χ0) is 23.4. The molecule has 168 valence electrons. The van der Waals surface area contributed by atoms with Crippen LogP contribution in [0, 0.1) is 0 Å². The number of amides is 3. The molecule has 1 aliphatic rings. The number of benzene rings is 3. The molecular formula is C24H21ClN4O4. The van der Waals surface area contributed by atoms with Crippen LogP contribution in [-0.2, 0) is 4.79 Å². The van der Waals surface area contributed by atoms with Gasteiger partial charge in [-0.1, -0.05) is 60.1 Å². The van der Waals surface area contributed by atoms with E-state index in [4.69, 9.17) is 11.6 Å². The molecule has 0 bridgehead atoms. The van der Waals surface area contributed by atoms with Crippen molar-refractivity contribution in [1.29, 1.82) is 0 Å². The van der Waals surface area contributed by atoms with E-state index in [-0.39, 0.29) is 0 Å². The number of halogens is 1. The van der Waals surface area contributed by atoms with Gasteiger partial charge in [0.15, 0.2) is 6.23 Å². The fourth-order valence-electron chi connectivity index (χ4n) is 3.52. The van der Waals surface area contributed by atoms with Crippen LogP contribution in [0.1, 0.15) is 11.1 Å². The Morgan fingerprint density at radius 3 is 2.39 bits per heavy atom. The number of anilines is 2. The topological polar surface area (TPSA) is 114 Å². The number of carbonyl (C=O) groups is 2. The molecule has 1 aliphatic heterocycles. The number of carbonyl (C=O) groups excluding carboxylic acids is 2. The Bertz CT molecular complexity index is 1180. The van der Waals surface area contributed by atoms with Gasteiger partial charge in [0.25, 0.3) is 5.91 Å². The molecule has 4 N–H and O–H groups in total. The predicted molar refractivity (Wildman–Crippen MR) is 126 cm³/mol. The molecule has 0 aliphatic carbocycles. The van der Waals surface area contributed by atoms with Crippen molar-refractivity contribution < 1.29 is 19.8 Å². The van der Waals surface area contributed by atoms with E-state index in [0.29, 0.717) is 27.7 Å². The molecule has 3 aromatic carbocycles. The van der Waals surface area contributed by atoms with Crippen molar-refractivity contribution in [3.8, 4) is 0 Å². The van der Waals surface area contributed by atoms with Gasteiger partial charge in [-0.3, -0.25) is 9.69 Å². The Morgan fingerprint density at radius 2 is 1.70 bits per heavy atom. The summed E-state index contributed by atoms with van der Waals surface area (Å²) < 4.78 is 0. The van der Waals surface area contributed by atoms with Crippen molar-refractivity contribution in [2.75, 3.05) is 16.8 Å². The zero-order valence-electron chi connectivity index (χ0n) is 17.4. The van der Waals surface area contributed by atoms with Gasteiger partial charge in [0.1, 0.15) is 0 Å². The third-order valence-electron chi connectivity index (χ3n) is 5.03. The van der Waals surface area contributed by atoms with Crippen LogP contribution in [0.4, 0.5) is 16.2 Å². The predicted octanol–water partition coefficient (Wildman–Crippen LogP) is 2.98.